The van der Waals surface area contributed by atoms with Crippen LogP contribution in [0.15, 0.2) is 18.2 Å². The molecule has 6 heteroatoms. The Labute approximate surface area is 127 Å². The molecule has 21 heavy (non-hydrogen) atoms. The first kappa shape index (κ1) is 15.0. The average molecular weight is 319 g/mol. The van der Waals surface area contributed by atoms with Crippen LogP contribution >= 0.6 is 11.6 Å². The van der Waals surface area contributed by atoms with E-state index >= 15 is 0 Å². The molecule has 1 saturated carbocycles. The molecule has 1 heterocycles. The maximum absolute atomic E-state index is 13.2. The Hall–Kier alpha value is -0.940. The van der Waals surface area contributed by atoms with Crippen LogP contribution < -0.4 is 10.2 Å². The van der Waals surface area contributed by atoms with Crippen molar-refractivity contribution in [3.05, 3.63) is 28.8 Å². The van der Waals surface area contributed by atoms with Crippen LogP contribution in [0.4, 0.5) is 18.9 Å². The maximum atomic E-state index is 13.2. The highest BCUT2D eigenvalue weighted by Gasteiger charge is 2.45. The Morgan fingerprint density at radius 3 is 2.67 bits per heavy atom. The molecule has 0 bridgehead atoms. The van der Waals surface area contributed by atoms with E-state index in [1.807, 2.05) is 4.90 Å². The van der Waals surface area contributed by atoms with E-state index < -0.39 is 11.7 Å². The molecule has 1 unspecified atom stereocenters. The standard InChI is InChI=1S/C15H18ClF3N2/c1-14(10-2-3-10)9-21(7-6-20-14)13-5-4-11(16)8-12(13)15(17,18)19/h4-5,8,10,20H,2-3,6-7,9H2,1H3. The number of halogens is 4. The fourth-order valence-electron chi connectivity index (χ4n) is 3.22. The van der Waals surface area contributed by atoms with Crippen LogP contribution in [-0.4, -0.2) is 25.2 Å². The summed E-state index contributed by atoms with van der Waals surface area (Å²) in [6, 6.07) is 4.04. The SMILES string of the molecule is CC1(C2CC2)CN(c2ccc(Cl)cc2C(F)(F)F)CCN1. The Balaban J connectivity index is 1.92. The average Bonchev–Trinajstić information content (AvgIpc) is 3.22. The lowest BCUT2D eigenvalue weighted by molar-refractivity contribution is -0.137. The number of hydrogen-bond donors (Lipinski definition) is 1. The van der Waals surface area contributed by atoms with Crippen molar-refractivity contribution in [2.45, 2.75) is 31.5 Å². The van der Waals surface area contributed by atoms with Crippen molar-refractivity contribution in [2.75, 3.05) is 24.5 Å². The number of alkyl halides is 3. The summed E-state index contributed by atoms with van der Waals surface area (Å²) in [5.41, 5.74) is -0.504. The molecule has 1 aromatic carbocycles. The highest BCUT2D eigenvalue weighted by Crippen LogP contribution is 2.43. The van der Waals surface area contributed by atoms with Gasteiger partial charge < -0.3 is 10.2 Å². The molecule has 2 fully saturated rings. The van der Waals surface area contributed by atoms with Gasteiger partial charge >= 0.3 is 6.18 Å². The third-order valence-electron chi connectivity index (χ3n) is 4.51. The van der Waals surface area contributed by atoms with Crippen molar-refractivity contribution in [1.82, 2.24) is 5.32 Å². The number of piperazine rings is 1. The van der Waals surface area contributed by atoms with Crippen LogP contribution in [-0.2, 0) is 6.18 Å². The fraction of sp³-hybridized carbons (Fsp3) is 0.600. The number of nitrogens with zero attached hydrogens (tertiary/aromatic N) is 1. The van der Waals surface area contributed by atoms with Gasteiger partial charge in [-0.25, -0.2) is 0 Å². The summed E-state index contributed by atoms with van der Waals surface area (Å²) in [6.45, 7) is 3.99. The lowest BCUT2D eigenvalue weighted by Crippen LogP contribution is -2.60. The molecule has 1 aliphatic heterocycles. The molecule has 1 atom stereocenters. The third-order valence-corrected chi connectivity index (χ3v) is 4.75. The predicted octanol–water partition coefficient (Wildman–Crippen LogP) is 3.94. The molecule has 1 N–H and O–H groups in total. The van der Waals surface area contributed by atoms with Crippen molar-refractivity contribution >= 4 is 17.3 Å². The topological polar surface area (TPSA) is 15.3 Å². The first-order valence-electron chi connectivity index (χ1n) is 7.16. The van der Waals surface area contributed by atoms with Gasteiger partial charge in [0.1, 0.15) is 0 Å². The van der Waals surface area contributed by atoms with Gasteiger partial charge in [0.25, 0.3) is 0 Å². The second-order valence-electron chi connectivity index (χ2n) is 6.20. The number of nitrogens with one attached hydrogen (secondary N) is 1. The predicted molar refractivity (Wildman–Crippen MR) is 77.8 cm³/mol. The summed E-state index contributed by atoms with van der Waals surface area (Å²) in [4.78, 5) is 1.84. The maximum Gasteiger partial charge on any atom is 0.418 e. The van der Waals surface area contributed by atoms with Crippen LogP contribution in [0.3, 0.4) is 0 Å². The van der Waals surface area contributed by atoms with E-state index in [1.165, 1.54) is 12.1 Å². The van der Waals surface area contributed by atoms with Gasteiger partial charge in [-0.3, -0.25) is 0 Å². The Kier molecular flexibility index (Phi) is 3.61. The summed E-state index contributed by atoms with van der Waals surface area (Å²) in [7, 11) is 0. The monoisotopic (exact) mass is 318 g/mol. The molecule has 0 aromatic heterocycles. The third kappa shape index (κ3) is 2.99. The molecule has 1 aliphatic carbocycles. The Morgan fingerprint density at radius 1 is 1.33 bits per heavy atom. The zero-order chi connectivity index (χ0) is 15.3. The van der Waals surface area contributed by atoms with Crippen molar-refractivity contribution in [2.24, 2.45) is 5.92 Å². The zero-order valence-corrected chi connectivity index (χ0v) is 12.6. The van der Waals surface area contributed by atoms with Gasteiger partial charge in [-0.05, 0) is 43.9 Å². The highest BCUT2D eigenvalue weighted by molar-refractivity contribution is 6.30. The minimum Gasteiger partial charge on any atom is -0.368 e. The van der Waals surface area contributed by atoms with E-state index in [0.29, 0.717) is 25.6 Å². The molecule has 3 rings (SSSR count). The van der Waals surface area contributed by atoms with Crippen LogP contribution in [0.2, 0.25) is 5.02 Å². The van der Waals surface area contributed by atoms with Gasteiger partial charge in [-0.2, -0.15) is 13.2 Å². The molecule has 0 radical (unpaired) electrons. The number of benzene rings is 1. The van der Waals surface area contributed by atoms with Crippen molar-refractivity contribution in [1.29, 1.82) is 0 Å². The largest absolute Gasteiger partial charge is 0.418 e. The van der Waals surface area contributed by atoms with Crippen LogP contribution in [0.25, 0.3) is 0 Å². The first-order chi connectivity index (χ1) is 9.79. The quantitative estimate of drug-likeness (QED) is 0.888. The second-order valence-corrected chi connectivity index (χ2v) is 6.64. The summed E-state index contributed by atoms with van der Waals surface area (Å²) in [6.07, 6.45) is -2.07. The van der Waals surface area contributed by atoms with Gasteiger partial charge in [-0.15, -0.1) is 0 Å². The van der Waals surface area contributed by atoms with Crippen LogP contribution in [0, 0.1) is 5.92 Å². The lowest BCUT2D eigenvalue weighted by atomic mass is 9.92. The number of hydrogen-bond acceptors (Lipinski definition) is 2. The van der Waals surface area contributed by atoms with Gasteiger partial charge in [0.05, 0.1) is 5.56 Å². The van der Waals surface area contributed by atoms with Crippen LogP contribution in [0.5, 0.6) is 0 Å². The van der Waals surface area contributed by atoms with Gasteiger partial charge in [0.15, 0.2) is 0 Å². The Morgan fingerprint density at radius 2 is 2.05 bits per heavy atom. The van der Waals surface area contributed by atoms with E-state index in [-0.39, 0.29) is 16.2 Å². The molecule has 2 aliphatic rings. The first-order valence-corrected chi connectivity index (χ1v) is 7.54. The molecular formula is C15H18ClF3N2. The van der Waals surface area contributed by atoms with E-state index in [9.17, 15) is 13.2 Å². The highest BCUT2D eigenvalue weighted by atomic mass is 35.5. The second kappa shape index (κ2) is 5.06. The smallest absolute Gasteiger partial charge is 0.368 e. The lowest BCUT2D eigenvalue weighted by Gasteiger charge is -2.43. The van der Waals surface area contributed by atoms with Crippen LogP contribution in [0.1, 0.15) is 25.3 Å². The van der Waals surface area contributed by atoms with Gasteiger partial charge in [0, 0.05) is 35.9 Å². The van der Waals surface area contributed by atoms with E-state index in [0.717, 1.165) is 18.9 Å². The number of anilines is 1. The number of rotatable bonds is 2. The van der Waals surface area contributed by atoms with Crippen molar-refractivity contribution < 1.29 is 13.2 Å². The van der Waals surface area contributed by atoms with E-state index in [2.05, 4.69) is 12.2 Å². The Bertz CT molecular complexity index is 542. The molecule has 1 aromatic rings. The molecule has 0 spiro atoms. The zero-order valence-electron chi connectivity index (χ0n) is 11.8. The summed E-state index contributed by atoms with van der Waals surface area (Å²) >= 11 is 5.75. The fourth-order valence-corrected chi connectivity index (χ4v) is 3.39. The van der Waals surface area contributed by atoms with Gasteiger partial charge in [0.2, 0.25) is 0 Å². The normalized spacial score (nSPS) is 27.0. The van der Waals surface area contributed by atoms with Crippen molar-refractivity contribution in [3.63, 3.8) is 0 Å². The van der Waals surface area contributed by atoms with Gasteiger partial charge in [-0.1, -0.05) is 11.6 Å². The van der Waals surface area contributed by atoms with E-state index in [1.54, 1.807) is 0 Å². The molecule has 116 valence electrons. The van der Waals surface area contributed by atoms with Crippen molar-refractivity contribution in [3.8, 4) is 0 Å². The molecule has 0 amide bonds. The minimum absolute atomic E-state index is 0.0965. The molecule has 2 nitrogen and oxygen atoms in total. The summed E-state index contributed by atoms with van der Waals surface area (Å²) in [5, 5.41) is 3.59. The van der Waals surface area contributed by atoms with E-state index in [4.69, 9.17) is 11.6 Å². The summed E-state index contributed by atoms with van der Waals surface area (Å²) < 4.78 is 39.7. The summed E-state index contributed by atoms with van der Waals surface area (Å²) in [5.74, 6) is 0.571. The molecule has 1 saturated heterocycles. The minimum atomic E-state index is -4.39. The molecular weight excluding hydrogens is 301 g/mol.